The van der Waals surface area contributed by atoms with E-state index in [0.29, 0.717) is 0 Å². The minimum Gasteiger partial charge on any atom is -0.478 e. The molecule has 3 nitrogen and oxygen atoms in total. The van der Waals surface area contributed by atoms with Gasteiger partial charge in [-0.25, -0.2) is 4.79 Å². The van der Waals surface area contributed by atoms with E-state index >= 15 is 0 Å². The van der Waals surface area contributed by atoms with Crippen molar-refractivity contribution in [3.8, 4) is 0 Å². The van der Waals surface area contributed by atoms with Gasteiger partial charge in [-0.15, -0.1) is 0 Å². The molecule has 2 aromatic carbocycles. The van der Waals surface area contributed by atoms with Crippen LogP contribution in [0, 0.1) is 6.92 Å². The smallest absolute Gasteiger partial charge is 0.337 e. The molecular formula is C16H16ClNO2. The Morgan fingerprint density at radius 3 is 2.55 bits per heavy atom. The van der Waals surface area contributed by atoms with E-state index in [0.717, 1.165) is 5.69 Å². The van der Waals surface area contributed by atoms with E-state index in [4.69, 9.17) is 16.7 Å². The lowest BCUT2D eigenvalue weighted by Gasteiger charge is -2.18. The molecule has 0 radical (unpaired) electrons. The summed E-state index contributed by atoms with van der Waals surface area (Å²) in [5.41, 5.74) is 3.32. The van der Waals surface area contributed by atoms with Gasteiger partial charge in [-0.05, 0) is 43.2 Å². The Labute approximate surface area is 123 Å². The minimum absolute atomic E-state index is 0.112. The van der Waals surface area contributed by atoms with Crippen molar-refractivity contribution in [1.29, 1.82) is 0 Å². The van der Waals surface area contributed by atoms with Crippen molar-refractivity contribution in [3.05, 3.63) is 64.2 Å². The third kappa shape index (κ3) is 3.11. The molecule has 2 N–H and O–H groups in total. The van der Waals surface area contributed by atoms with Crippen LogP contribution >= 0.6 is 11.6 Å². The largest absolute Gasteiger partial charge is 0.478 e. The van der Waals surface area contributed by atoms with E-state index in [1.165, 1.54) is 17.2 Å². The molecule has 0 saturated heterocycles. The van der Waals surface area contributed by atoms with E-state index < -0.39 is 5.97 Å². The average Bonchev–Trinajstić information content (AvgIpc) is 2.38. The van der Waals surface area contributed by atoms with Gasteiger partial charge in [0.2, 0.25) is 0 Å². The van der Waals surface area contributed by atoms with Gasteiger partial charge in [0.15, 0.2) is 0 Å². The zero-order chi connectivity index (χ0) is 14.7. The van der Waals surface area contributed by atoms with Gasteiger partial charge in [0.25, 0.3) is 0 Å². The lowest BCUT2D eigenvalue weighted by atomic mass is 10.0. The number of aromatic carboxylic acids is 1. The number of carboxylic acids is 1. The zero-order valence-corrected chi connectivity index (χ0v) is 12.1. The molecule has 0 heterocycles. The Hall–Kier alpha value is -2.00. The summed E-state index contributed by atoms with van der Waals surface area (Å²) in [6, 6.07) is 13.1. The number of hydrogen-bond donors (Lipinski definition) is 2. The van der Waals surface area contributed by atoms with E-state index in [1.807, 2.05) is 12.1 Å². The fourth-order valence-corrected chi connectivity index (χ4v) is 2.44. The molecule has 2 rings (SSSR count). The maximum atomic E-state index is 10.9. The summed E-state index contributed by atoms with van der Waals surface area (Å²) in [6.07, 6.45) is 0. The number of carboxylic acid groups (broad SMARTS) is 1. The number of nitrogens with one attached hydrogen (secondary N) is 1. The molecule has 0 aliphatic carbocycles. The summed E-state index contributed by atoms with van der Waals surface area (Å²) < 4.78 is 0. The van der Waals surface area contributed by atoms with Gasteiger partial charge < -0.3 is 10.4 Å². The summed E-state index contributed by atoms with van der Waals surface area (Å²) in [4.78, 5) is 10.9. The van der Waals surface area contributed by atoms with Crippen LogP contribution in [0.2, 0.25) is 5.02 Å². The molecule has 0 bridgehead atoms. The molecule has 0 aliphatic rings. The van der Waals surface area contributed by atoms with Gasteiger partial charge in [0.05, 0.1) is 10.6 Å². The Balaban J connectivity index is 2.20. The van der Waals surface area contributed by atoms with E-state index in [9.17, 15) is 4.79 Å². The highest BCUT2D eigenvalue weighted by molar-refractivity contribution is 6.33. The third-order valence-corrected chi connectivity index (χ3v) is 3.55. The quantitative estimate of drug-likeness (QED) is 0.870. The Morgan fingerprint density at radius 1 is 1.25 bits per heavy atom. The SMILES string of the molecule is Cc1ccccc1C(C)Nc1ccc(C(=O)O)c(Cl)c1. The second kappa shape index (κ2) is 5.97. The summed E-state index contributed by atoms with van der Waals surface area (Å²) in [6.45, 7) is 4.12. The van der Waals surface area contributed by atoms with E-state index in [-0.39, 0.29) is 16.6 Å². The molecule has 0 amide bonds. The molecular weight excluding hydrogens is 274 g/mol. The second-order valence-electron chi connectivity index (χ2n) is 4.72. The lowest BCUT2D eigenvalue weighted by molar-refractivity contribution is 0.0697. The number of benzene rings is 2. The predicted molar refractivity (Wildman–Crippen MR) is 81.6 cm³/mol. The number of anilines is 1. The number of rotatable bonds is 4. The Kier molecular flexibility index (Phi) is 4.30. The van der Waals surface area contributed by atoms with Gasteiger partial charge >= 0.3 is 5.97 Å². The third-order valence-electron chi connectivity index (χ3n) is 3.24. The summed E-state index contributed by atoms with van der Waals surface area (Å²) >= 11 is 5.96. The maximum Gasteiger partial charge on any atom is 0.337 e. The first kappa shape index (κ1) is 14.4. The predicted octanol–water partition coefficient (Wildman–Crippen LogP) is 4.52. The van der Waals surface area contributed by atoms with Crippen molar-refractivity contribution in [1.82, 2.24) is 0 Å². The van der Waals surface area contributed by atoms with Crippen LogP contribution in [0.1, 0.15) is 34.5 Å². The highest BCUT2D eigenvalue weighted by Crippen LogP contribution is 2.25. The van der Waals surface area contributed by atoms with Gasteiger partial charge in [-0.3, -0.25) is 0 Å². The molecule has 4 heteroatoms. The van der Waals surface area contributed by atoms with Crippen LogP contribution in [0.5, 0.6) is 0 Å². The standard InChI is InChI=1S/C16H16ClNO2/c1-10-5-3-4-6-13(10)11(2)18-12-7-8-14(16(19)20)15(17)9-12/h3-9,11,18H,1-2H3,(H,19,20). The number of halogens is 1. The van der Waals surface area contributed by atoms with Crippen molar-refractivity contribution in [2.45, 2.75) is 19.9 Å². The zero-order valence-electron chi connectivity index (χ0n) is 11.4. The van der Waals surface area contributed by atoms with Crippen LogP contribution < -0.4 is 5.32 Å². The van der Waals surface area contributed by atoms with Gasteiger partial charge in [0, 0.05) is 11.7 Å². The normalized spacial score (nSPS) is 11.9. The van der Waals surface area contributed by atoms with Crippen LogP contribution in [0.4, 0.5) is 5.69 Å². The van der Waals surface area contributed by atoms with Crippen LogP contribution in [-0.2, 0) is 0 Å². The molecule has 1 atom stereocenters. The molecule has 0 aromatic heterocycles. The van der Waals surface area contributed by atoms with Gasteiger partial charge in [-0.2, -0.15) is 0 Å². The van der Waals surface area contributed by atoms with Crippen molar-refractivity contribution >= 4 is 23.3 Å². The first-order valence-corrected chi connectivity index (χ1v) is 6.71. The topological polar surface area (TPSA) is 49.3 Å². The molecule has 0 spiro atoms. The van der Waals surface area contributed by atoms with Crippen molar-refractivity contribution in [2.75, 3.05) is 5.32 Å². The van der Waals surface area contributed by atoms with Gasteiger partial charge in [0.1, 0.15) is 0 Å². The fourth-order valence-electron chi connectivity index (χ4n) is 2.18. The van der Waals surface area contributed by atoms with E-state index in [2.05, 4.69) is 31.3 Å². The first-order chi connectivity index (χ1) is 9.49. The maximum absolute atomic E-state index is 10.9. The second-order valence-corrected chi connectivity index (χ2v) is 5.13. The van der Waals surface area contributed by atoms with Crippen LogP contribution in [0.25, 0.3) is 0 Å². The number of aryl methyl sites for hydroxylation is 1. The van der Waals surface area contributed by atoms with Crippen LogP contribution in [-0.4, -0.2) is 11.1 Å². The average molecular weight is 290 g/mol. The molecule has 0 aliphatic heterocycles. The first-order valence-electron chi connectivity index (χ1n) is 6.34. The Morgan fingerprint density at radius 2 is 1.95 bits per heavy atom. The summed E-state index contributed by atoms with van der Waals surface area (Å²) in [7, 11) is 0. The Bertz CT molecular complexity index is 640. The fraction of sp³-hybridized carbons (Fsp3) is 0.188. The molecule has 0 saturated carbocycles. The highest BCUT2D eigenvalue weighted by atomic mass is 35.5. The van der Waals surface area contributed by atoms with Gasteiger partial charge in [-0.1, -0.05) is 35.9 Å². The minimum atomic E-state index is -1.02. The highest BCUT2D eigenvalue weighted by Gasteiger charge is 2.11. The summed E-state index contributed by atoms with van der Waals surface area (Å²) in [5.74, 6) is -1.02. The van der Waals surface area contributed by atoms with Crippen LogP contribution in [0.3, 0.4) is 0 Å². The molecule has 2 aromatic rings. The molecule has 1 unspecified atom stereocenters. The monoisotopic (exact) mass is 289 g/mol. The van der Waals surface area contributed by atoms with Crippen molar-refractivity contribution in [2.24, 2.45) is 0 Å². The number of hydrogen-bond acceptors (Lipinski definition) is 2. The molecule has 20 heavy (non-hydrogen) atoms. The van der Waals surface area contributed by atoms with Crippen molar-refractivity contribution in [3.63, 3.8) is 0 Å². The lowest BCUT2D eigenvalue weighted by Crippen LogP contribution is -2.08. The van der Waals surface area contributed by atoms with Crippen molar-refractivity contribution < 1.29 is 9.90 Å². The van der Waals surface area contributed by atoms with E-state index in [1.54, 1.807) is 12.1 Å². The van der Waals surface area contributed by atoms with Crippen LogP contribution in [0.15, 0.2) is 42.5 Å². The molecule has 104 valence electrons. The summed E-state index contributed by atoms with van der Waals surface area (Å²) in [5, 5.41) is 12.5. The molecule has 0 fully saturated rings. The number of carbonyl (C=O) groups is 1.